The van der Waals surface area contributed by atoms with Gasteiger partial charge in [0.15, 0.2) is 0 Å². The quantitative estimate of drug-likeness (QED) is 0.388. The number of hydrogen-bond donors (Lipinski definition) is 1. The van der Waals surface area contributed by atoms with Gasteiger partial charge in [0.2, 0.25) is 0 Å². The Hall–Kier alpha value is -2.89. The lowest BCUT2D eigenvalue weighted by Crippen LogP contribution is -2.10. The second-order valence-corrected chi connectivity index (χ2v) is 5.16. The third-order valence-corrected chi connectivity index (χ3v) is 4.00. The van der Waals surface area contributed by atoms with Gasteiger partial charge in [-0.3, -0.25) is 0 Å². The summed E-state index contributed by atoms with van der Waals surface area (Å²) in [4.78, 5) is 8.42. The summed E-state index contributed by atoms with van der Waals surface area (Å²) >= 11 is 0. The van der Waals surface area contributed by atoms with Crippen molar-refractivity contribution >= 4 is 0 Å². The van der Waals surface area contributed by atoms with Crippen LogP contribution in [0, 0.1) is 13.8 Å². The fraction of sp³-hybridized carbons (Fsp3) is 0.571. The summed E-state index contributed by atoms with van der Waals surface area (Å²) in [6, 6.07) is 0. The first-order valence-corrected chi connectivity index (χ1v) is 7.38. The Balaban J connectivity index is 3.67. The van der Waals surface area contributed by atoms with Crippen LogP contribution in [-0.2, 0) is 26.1 Å². The maximum atomic E-state index is 9.15. The molecule has 0 aliphatic rings. The van der Waals surface area contributed by atoms with Gasteiger partial charge >= 0.3 is 0 Å². The third-order valence-electron chi connectivity index (χ3n) is 4.00. The van der Waals surface area contributed by atoms with Crippen LogP contribution < -0.4 is 0 Å². The molecular formula is C14H19N9O. The highest BCUT2D eigenvalue weighted by Crippen LogP contribution is 2.31. The molecule has 0 aliphatic heterocycles. The minimum atomic E-state index is 0.0283. The Morgan fingerprint density at radius 2 is 1.17 bits per heavy atom. The van der Waals surface area contributed by atoms with Gasteiger partial charge in [-0.1, -0.05) is 15.3 Å². The molecular weight excluding hydrogens is 310 g/mol. The van der Waals surface area contributed by atoms with E-state index >= 15 is 0 Å². The molecule has 0 fully saturated rings. The zero-order chi connectivity index (χ0) is 17.9. The van der Waals surface area contributed by atoms with Gasteiger partial charge in [-0.2, -0.15) is 0 Å². The highest BCUT2D eigenvalue weighted by Gasteiger charge is 2.18. The molecule has 0 aromatic heterocycles. The molecule has 0 saturated carbocycles. The van der Waals surface area contributed by atoms with Gasteiger partial charge < -0.3 is 5.11 Å². The van der Waals surface area contributed by atoms with Crippen molar-refractivity contribution in [2.75, 3.05) is 6.61 Å². The van der Waals surface area contributed by atoms with Gasteiger partial charge in [0.25, 0.3) is 0 Å². The standard InChI is InChI=1S/C14H19N9O/c1-9-12(6-18-21-15)10(2)14(8-20-23-17)11(4-3-5-24)13(9)7-19-22-16/h24H,3-8H2,1-2H3. The zero-order valence-electron chi connectivity index (χ0n) is 13.7. The summed E-state index contributed by atoms with van der Waals surface area (Å²) in [6.45, 7) is 4.27. The Morgan fingerprint density at radius 3 is 1.54 bits per heavy atom. The number of hydrogen-bond acceptors (Lipinski definition) is 4. The van der Waals surface area contributed by atoms with E-state index in [1.807, 2.05) is 13.8 Å². The molecule has 0 aliphatic carbocycles. The molecule has 1 N–H and O–H groups in total. The summed E-state index contributed by atoms with van der Waals surface area (Å²) in [5.74, 6) is 0. The van der Waals surface area contributed by atoms with E-state index in [1.165, 1.54) is 0 Å². The molecule has 1 rings (SSSR count). The van der Waals surface area contributed by atoms with Crippen LogP contribution >= 0.6 is 0 Å². The number of aliphatic hydroxyl groups is 1. The van der Waals surface area contributed by atoms with Gasteiger partial charge in [0.1, 0.15) is 0 Å². The summed E-state index contributed by atoms with van der Waals surface area (Å²) in [5, 5.41) is 20.1. The van der Waals surface area contributed by atoms with E-state index in [-0.39, 0.29) is 26.2 Å². The highest BCUT2D eigenvalue weighted by molar-refractivity contribution is 5.51. The van der Waals surface area contributed by atoms with Crippen molar-refractivity contribution in [3.8, 4) is 0 Å². The van der Waals surface area contributed by atoms with E-state index in [9.17, 15) is 0 Å². The lowest BCUT2D eigenvalue weighted by Gasteiger charge is -2.22. The van der Waals surface area contributed by atoms with Crippen molar-refractivity contribution in [1.29, 1.82) is 0 Å². The first-order valence-electron chi connectivity index (χ1n) is 7.38. The SMILES string of the molecule is Cc1c(CN=[N+]=[N-])c(C)c(CN=[N+]=[N-])c(CCCO)c1CN=[N+]=[N-]. The van der Waals surface area contributed by atoms with Gasteiger partial charge in [0.05, 0.1) is 19.6 Å². The molecule has 126 valence electrons. The van der Waals surface area contributed by atoms with Crippen molar-refractivity contribution < 1.29 is 5.11 Å². The van der Waals surface area contributed by atoms with E-state index in [2.05, 4.69) is 30.1 Å². The molecule has 0 amide bonds. The second-order valence-electron chi connectivity index (χ2n) is 5.16. The van der Waals surface area contributed by atoms with Crippen molar-refractivity contribution in [3.05, 3.63) is 64.7 Å². The lowest BCUT2D eigenvalue weighted by atomic mass is 9.85. The normalized spacial score (nSPS) is 9.62. The first kappa shape index (κ1) is 19.2. The Labute approximate surface area is 139 Å². The summed E-state index contributed by atoms with van der Waals surface area (Å²) in [5.41, 5.74) is 31.1. The van der Waals surface area contributed by atoms with E-state index in [0.717, 1.165) is 33.4 Å². The van der Waals surface area contributed by atoms with Crippen LogP contribution in [0.4, 0.5) is 0 Å². The van der Waals surface area contributed by atoms with Crippen LogP contribution in [0.5, 0.6) is 0 Å². The van der Waals surface area contributed by atoms with Crippen LogP contribution in [0.15, 0.2) is 15.3 Å². The minimum absolute atomic E-state index is 0.0283. The highest BCUT2D eigenvalue weighted by atomic mass is 16.2. The largest absolute Gasteiger partial charge is 0.396 e. The maximum absolute atomic E-state index is 9.15. The lowest BCUT2D eigenvalue weighted by molar-refractivity contribution is 0.288. The summed E-state index contributed by atoms with van der Waals surface area (Å²) in [7, 11) is 0. The molecule has 24 heavy (non-hydrogen) atoms. The van der Waals surface area contributed by atoms with E-state index in [0.29, 0.717) is 12.8 Å². The molecule has 0 bridgehead atoms. The van der Waals surface area contributed by atoms with Gasteiger partial charge in [-0.15, -0.1) is 0 Å². The molecule has 0 saturated heterocycles. The molecule has 1 aromatic carbocycles. The number of rotatable bonds is 9. The van der Waals surface area contributed by atoms with Gasteiger partial charge in [-0.25, -0.2) is 0 Å². The van der Waals surface area contributed by atoms with Crippen molar-refractivity contribution in [1.82, 2.24) is 0 Å². The first-order chi connectivity index (χ1) is 11.6. The van der Waals surface area contributed by atoms with Crippen molar-refractivity contribution in [2.24, 2.45) is 15.3 Å². The number of aliphatic hydroxyl groups excluding tert-OH is 1. The van der Waals surface area contributed by atoms with Crippen molar-refractivity contribution in [2.45, 2.75) is 46.3 Å². The maximum Gasteiger partial charge on any atom is 0.0516 e. The Kier molecular flexibility index (Phi) is 7.98. The van der Waals surface area contributed by atoms with Crippen LogP contribution in [-0.4, -0.2) is 11.7 Å². The molecule has 0 unspecified atom stereocenters. The summed E-state index contributed by atoms with van der Waals surface area (Å²) in [6.07, 6.45) is 1.12. The average Bonchev–Trinajstić information content (AvgIpc) is 2.58. The average molecular weight is 329 g/mol. The second kappa shape index (κ2) is 9.99. The third kappa shape index (κ3) is 4.55. The number of benzene rings is 1. The van der Waals surface area contributed by atoms with Crippen LogP contribution in [0.3, 0.4) is 0 Å². The smallest absolute Gasteiger partial charge is 0.0516 e. The Morgan fingerprint density at radius 1 is 0.750 bits per heavy atom. The van der Waals surface area contributed by atoms with Crippen LogP contribution in [0.25, 0.3) is 31.3 Å². The predicted octanol–water partition coefficient (Wildman–Crippen LogP) is 4.66. The van der Waals surface area contributed by atoms with Crippen LogP contribution in [0.1, 0.15) is 39.8 Å². The fourth-order valence-electron chi connectivity index (χ4n) is 2.81. The van der Waals surface area contributed by atoms with E-state index in [1.54, 1.807) is 0 Å². The fourth-order valence-corrected chi connectivity index (χ4v) is 2.81. The monoisotopic (exact) mass is 329 g/mol. The molecule has 1 aromatic rings. The molecule has 10 nitrogen and oxygen atoms in total. The molecule has 10 heteroatoms. The van der Waals surface area contributed by atoms with Crippen molar-refractivity contribution in [3.63, 3.8) is 0 Å². The van der Waals surface area contributed by atoms with Crippen LogP contribution in [0.2, 0.25) is 0 Å². The van der Waals surface area contributed by atoms with E-state index < -0.39 is 0 Å². The molecule has 0 radical (unpaired) electrons. The zero-order valence-corrected chi connectivity index (χ0v) is 13.7. The Bertz CT molecular complexity index is 692. The van der Waals surface area contributed by atoms with Gasteiger partial charge in [0, 0.05) is 21.3 Å². The van der Waals surface area contributed by atoms with Gasteiger partial charge in [-0.05, 0) is 76.7 Å². The molecule has 0 spiro atoms. The topological polar surface area (TPSA) is 167 Å². The molecule has 0 heterocycles. The minimum Gasteiger partial charge on any atom is -0.396 e. The molecule has 0 atom stereocenters. The van der Waals surface area contributed by atoms with E-state index in [4.69, 9.17) is 21.7 Å². The predicted molar refractivity (Wildman–Crippen MR) is 89.9 cm³/mol. The number of nitrogens with zero attached hydrogens (tertiary/aromatic N) is 9. The summed E-state index contributed by atoms with van der Waals surface area (Å²) < 4.78 is 0. The number of azide groups is 3.